The number of halogens is 1. The smallest absolute Gasteiger partial charge is 0.125 e. The molecule has 0 unspecified atom stereocenters. The van der Waals surface area contributed by atoms with Crippen LogP contribution in [-0.4, -0.2) is 11.7 Å². The summed E-state index contributed by atoms with van der Waals surface area (Å²) in [5.74, 6) is 0.734. The van der Waals surface area contributed by atoms with Gasteiger partial charge in [0.05, 0.1) is 6.61 Å². The molecule has 0 aliphatic rings. The first-order valence-corrected chi connectivity index (χ1v) is 5.58. The lowest BCUT2D eigenvalue weighted by Gasteiger charge is -2.08. The predicted octanol–water partition coefficient (Wildman–Crippen LogP) is 3.29. The molecule has 0 saturated carbocycles. The number of benzene rings is 1. The fourth-order valence-corrected chi connectivity index (χ4v) is 1.52. The van der Waals surface area contributed by atoms with Crippen LogP contribution in [0, 0.1) is 0 Å². The van der Waals surface area contributed by atoms with E-state index >= 15 is 0 Å². The number of aliphatic hydroxyl groups is 1. The van der Waals surface area contributed by atoms with E-state index in [1.165, 1.54) is 5.57 Å². The Morgan fingerprint density at radius 1 is 1.47 bits per heavy atom. The molecule has 0 aliphatic carbocycles. The fourth-order valence-electron chi connectivity index (χ4n) is 1.11. The van der Waals surface area contributed by atoms with Crippen molar-refractivity contribution in [3.05, 3.63) is 39.9 Å². The molecule has 0 amide bonds. The highest BCUT2D eigenvalue weighted by atomic mass is 79.9. The number of ether oxygens (including phenoxy) is 1. The molecular weight excluding hydrogens is 256 g/mol. The molecule has 0 spiro atoms. The van der Waals surface area contributed by atoms with Crippen LogP contribution in [0.4, 0.5) is 0 Å². The second-order valence-corrected chi connectivity index (χ2v) is 4.42. The molecule has 15 heavy (non-hydrogen) atoms. The van der Waals surface area contributed by atoms with Crippen LogP contribution in [0.2, 0.25) is 0 Å². The molecule has 0 aromatic heterocycles. The Hall–Kier alpha value is -0.800. The van der Waals surface area contributed by atoms with Crippen LogP contribution in [0.15, 0.2) is 34.3 Å². The third kappa shape index (κ3) is 4.06. The first-order chi connectivity index (χ1) is 7.13. The Morgan fingerprint density at radius 3 is 2.80 bits per heavy atom. The summed E-state index contributed by atoms with van der Waals surface area (Å²) < 4.78 is 6.48. The van der Waals surface area contributed by atoms with Crippen molar-refractivity contribution in [2.24, 2.45) is 0 Å². The van der Waals surface area contributed by atoms with Crippen molar-refractivity contribution in [2.75, 3.05) is 6.61 Å². The minimum absolute atomic E-state index is 0.0103. The fraction of sp³-hybridized carbons (Fsp3) is 0.333. The Labute approximate surface area is 98.7 Å². The van der Waals surface area contributed by atoms with Crippen LogP contribution < -0.4 is 4.74 Å². The van der Waals surface area contributed by atoms with Gasteiger partial charge >= 0.3 is 0 Å². The van der Waals surface area contributed by atoms with Gasteiger partial charge in [0.1, 0.15) is 12.4 Å². The lowest BCUT2D eigenvalue weighted by Crippen LogP contribution is -1.98. The van der Waals surface area contributed by atoms with Gasteiger partial charge in [0.25, 0.3) is 0 Å². The molecule has 0 bridgehead atoms. The molecule has 0 atom stereocenters. The summed E-state index contributed by atoms with van der Waals surface area (Å²) >= 11 is 3.35. The average Bonchev–Trinajstić information content (AvgIpc) is 2.19. The zero-order chi connectivity index (χ0) is 11.3. The first kappa shape index (κ1) is 12.3. The van der Waals surface area contributed by atoms with E-state index in [0.29, 0.717) is 6.61 Å². The minimum Gasteiger partial charge on any atom is -0.489 e. The Kier molecular flexibility index (Phi) is 4.85. The summed E-state index contributed by atoms with van der Waals surface area (Å²) in [5.41, 5.74) is 2.02. The Balaban J connectivity index is 2.72. The zero-order valence-electron chi connectivity index (χ0n) is 8.96. The van der Waals surface area contributed by atoms with Gasteiger partial charge in [-0.2, -0.15) is 0 Å². The standard InChI is InChI=1S/C12H15BrO2/c1-9(2)5-6-15-12-4-3-11(13)7-10(12)8-14/h3-5,7,14H,6,8H2,1-2H3. The van der Waals surface area contributed by atoms with Gasteiger partial charge in [-0.3, -0.25) is 0 Å². The quantitative estimate of drug-likeness (QED) is 0.851. The molecule has 0 heterocycles. The molecule has 1 rings (SSSR count). The largest absolute Gasteiger partial charge is 0.489 e. The topological polar surface area (TPSA) is 29.5 Å². The molecule has 0 radical (unpaired) electrons. The maximum Gasteiger partial charge on any atom is 0.125 e. The third-order valence-electron chi connectivity index (χ3n) is 1.92. The summed E-state index contributed by atoms with van der Waals surface area (Å²) in [6.45, 7) is 4.58. The van der Waals surface area contributed by atoms with Crippen molar-refractivity contribution in [1.82, 2.24) is 0 Å². The Bertz CT molecular complexity index is 355. The van der Waals surface area contributed by atoms with Gasteiger partial charge in [0.15, 0.2) is 0 Å². The van der Waals surface area contributed by atoms with Crippen molar-refractivity contribution in [3.8, 4) is 5.75 Å². The highest BCUT2D eigenvalue weighted by molar-refractivity contribution is 9.10. The third-order valence-corrected chi connectivity index (χ3v) is 2.42. The SMILES string of the molecule is CC(C)=CCOc1ccc(Br)cc1CO. The van der Waals surface area contributed by atoms with Gasteiger partial charge in [-0.25, -0.2) is 0 Å². The molecule has 0 saturated heterocycles. The zero-order valence-corrected chi connectivity index (χ0v) is 10.5. The van der Waals surface area contributed by atoms with Gasteiger partial charge in [0, 0.05) is 10.0 Å². The summed E-state index contributed by atoms with van der Waals surface area (Å²) in [5, 5.41) is 9.14. The van der Waals surface area contributed by atoms with Crippen LogP contribution in [-0.2, 0) is 6.61 Å². The summed E-state index contributed by atoms with van der Waals surface area (Å²) in [6.07, 6.45) is 2.00. The van der Waals surface area contributed by atoms with E-state index in [-0.39, 0.29) is 6.61 Å². The van der Waals surface area contributed by atoms with E-state index in [9.17, 15) is 0 Å². The van der Waals surface area contributed by atoms with E-state index in [4.69, 9.17) is 9.84 Å². The van der Waals surface area contributed by atoms with E-state index in [0.717, 1.165) is 15.8 Å². The van der Waals surface area contributed by atoms with Crippen LogP contribution in [0.1, 0.15) is 19.4 Å². The van der Waals surface area contributed by atoms with Gasteiger partial charge in [-0.05, 0) is 38.1 Å². The number of allylic oxidation sites excluding steroid dienone is 1. The summed E-state index contributed by atoms with van der Waals surface area (Å²) in [6, 6.07) is 5.61. The van der Waals surface area contributed by atoms with Gasteiger partial charge < -0.3 is 9.84 Å². The van der Waals surface area contributed by atoms with E-state index in [1.54, 1.807) is 0 Å². The molecule has 0 fully saturated rings. The van der Waals surface area contributed by atoms with Crippen LogP contribution in [0.25, 0.3) is 0 Å². The first-order valence-electron chi connectivity index (χ1n) is 4.79. The highest BCUT2D eigenvalue weighted by Gasteiger charge is 2.02. The molecule has 82 valence electrons. The highest BCUT2D eigenvalue weighted by Crippen LogP contribution is 2.23. The lowest BCUT2D eigenvalue weighted by atomic mass is 10.2. The number of hydrogen-bond acceptors (Lipinski definition) is 2. The number of hydrogen-bond donors (Lipinski definition) is 1. The predicted molar refractivity (Wildman–Crippen MR) is 65.0 cm³/mol. The normalized spacial score (nSPS) is 9.87. The second kappa shape index (κ2) is 5.93. The number of aliphatic hydroxyl groups excluding tert-OH is 1. The monoisotopic (exact) mass is 270 g/mol. The van der Waals surface area contributed by atoms with Crippen LogP contribution >= 0.6 is 15.9 Å². The second-order valence-electron chi connectivity index (χ2n) is 3.50. The van der Waals surface area contributed by atoms with E-state index in [2.05, 4.69) is 15.9 Å². The summed E-state index contributed by atoms with van der Waals surface area (Å²) in [4.78, 5) is 0. The molecule has 1 N–H and O–H groups in total. The maximum atomic E-state index is 9.14. The molecule has 1 aromatic carbocycles. The van der Waals surface area contributed by atoms with Gasteiger partial charge in [-0.15, -0.1) is 0 Å². The van der Waals surface area contributed by atoms with Gasteiger partial charge in [-0.1, -0.05) is 21.5 Å². The molecule has 0 aliphatic heterocycles. The van der Waals surface area contributed by atoms with Crippen molar-refractivity contribution >= 4 is 15.9 Å². The average molecular weight is 271 g/mol. The lowest BCUT2D eigenvalue weighted by molar-refractivity contribution is 0.269. The molecule has 1 aromatic rings. The Morgan fingerprint density at radius 2 is 2.20 bits per heavy atom. The van der Waals surface area contributed by atoms with Crippen molar-refractivity contribution in [2.45, 2.75) is 20.5 Å². The molecule has 3 heteroatoms. The summed E-state index contributed by atoms with van der Waals surface area (Å²) in [7, 11) is 0. The molecular formula is C12H15BrO2. The van der Waals surface area contributed by atoms with Crippen molar-refractivity contribution < 1.29 is 9.84 Å². The maximum absolute atomic E-state index is 9.14. The number of rotatable bonds is 4. The minimum atomic E-state index is -0.0103. The van der Waals surface area contributed by atoms with Crippen molar-refractivity contribution in [1.29, 1.82) is 0 Å². The van der Waals surface area contributed by atoms with Gasteiger partial charge in [0.2, 0.25) is 0 Å². The van der Waals surface area contributed by atoms with Crippen molar-refractivity contribution in [3.63, 3.8) is 0 Å². The van der Waals surface area contributed by atoms with Crippen LogP contribution in [0.3, 0.4) is 0 Å². The van der Waals surface area contributed by atoms with Crippen LogP contribution in [0.5, 0.6) is 5.75 Å². The van der Waals surface area contributed by atoms with E-state index in [1.807, 2.05) is 38.1 Å². The van der Waals surface area contributed by atoms with E-state index < -0.39 is 0 Å². The molecule has 2 nitrogen and oxygen atoms in total.